The molecule has 0 saturated heterocycles. The fourth-order valence-electron chi connectivity index (χ4n) is 0.466. The van der Waals surface area contributed by atoms with Crippen molar-refractivity contribution in [1.29, 1.82) is 0 Å². The molecule has 1 atom stereocenters. The lowest BCUT2D eigenvalue weighted by Crippen LogP contribution is -2.01. The summed E-state index contributed by atoms with van der Waals surface area (Å²) in [6.45, 7) is 5.71. The van der Waals surface area contributed by atoms with Crippen molar-refractivity contribution in [2.24, 2.45) is 5.92 Å². The third-order valence-electron chi connectivity index (χ3n) is 1.07. The highest BCUT2D eigenvalue weighted by Crippen LogP contribution is 2.02. The van der Waals surface area contributed by atoms with E-state index >= 15 is 0 Å². The number of esters is 1. The monoisotopic (exact) mass is 129 g/mol. The van der Waals surface area contributed by atoms with E-state index in [2.05, 4.69) is 11.7 Å². The van der Waals surface area contributed by atoms with Crippen LogP contribution < -0.4 is 0 Å². The van der Waals surface area contributed by atoms with E-state index in [1.165, 1.54) is 7.11 Å². The van der Waals surface area contributed by atoms with Gasteiger partial charge in [0.25, 0.3) is 0 Å². The van der Waals surface area contributed by atoms with Gasteiger partial charge in [0, 0.05) is 6.42 Å². The van der Waals surface area contributed by atoms with Crippen molar-refractivity contribution in [3.63, 3.8) is 0 Å². The van der Waals surface area contributed by atoms with Gasteiger partial charge in [0.2, 0.25) is 0 Å². The molecular formula is C7H13O2. The van der Waals surface area contributed by atoms with E-state index in [1.54, 1.807) is 0 Å². The highest BCUT2D eigenvalue weighted by atomic mass is 16.5. The Morgan fingerprint density at radius 2 is 2.33 bits per heavy atom. The Kier molecular flexibility index (Phi) is 4.10. The quantitative estimate of drug-likeness (QED) is 0.538. The van der Waals surface area contributed by atoms with Crippen LogP contribution in [0.25, 0.3) is 0 Å². The Balaban J connectivity index is 3.17. The molecule has 0 aliphatic heterocycles. The van der Waals surface area contributed by atoms with Gasteiger partial charge in [0.1, 0.15) is 0 Å². The topological polar surface area (TPSA) is 26.3 Å². The second-order valence-electron chi connectivity index (χ2n) is 2.22. The highest BCUT2D eigenvalue weighted by Gasteiger charge is 2.00. The maximum absolute atomic E-state index is 10.5. The predicted molar refractivity (Wildman–Crippen MR) is 35.8 cm³/mol. The summed E-state index contributed by atoms with van der Waals surface area (Å²) >= 11 is 0. The summed E-state index contributed by atoms with van der Waals surface area (Å²) in [6.07, 6.45) is 1.30. The normalized spacial score (nSPS) is 9.78. The smallest absolute Gasteiger partial charge is 0.305 e. The molecule has 9 heavy (non-hydrogen) atoms. The molecule has 0 aromatic rings. The lowest BCUT2D eigenvalue weighted by molar-refractivity contribution is -0.140. The van der Waals surface area contributed by atoms with Crippen molar-refractivity contribution in [3.05, 3.63) is 6.92 Å². The van der Waals surface area contributed by atoms with Gasteiger partial charge in [-0.1, -0.05) is 13.8 Å². The molecule has 0 saturated carbocycles. The van der Waals surface area contributed by atoms with Gasteiger partial charge in [-0.25, -0.2) is 0 Å². The number of methoxy groups -OCH3 is 1. The third-order valence-corrected chi connectivity index (χ3v) is 1.07. The van der Waals surface area contributed by atoms with Gasteiger partial charge in [-0.3, -0.25) is 4.79 Å². The molecule has 53 valence electrons. The van der Waals surface area contributed by atoms with Crippen LogP contribution in [0.3, 0.4) is 0 Å². The number of rotatable bonds is 3. The van der Waals surface area contributed by atoms with Crippen LogP contribution in [0.5, 0.6) is 0 Å². The molecule has 0 fully saturated rings. The van der Waals surface area contributed by atoms with Crippen LogP contribution in [-0.2, 0) is 9.53 Å². The summed E-state index contributed by atoms with van der Waals surface area (Å²) in [4.78, 5) is 10.5. The first-order valence-electron chi connectivity index (χ1n) is 3.06. The minimum Gasteiger partial charge on any atom is -0.469 e. The molecule has 0 heterocycles. The zero-order valence-electron chi connectivity index (χ0n) is 6.02. The minimum absolute atomic E-state index is 0.148. The van der Waals surface area contributed by atoms with Gasteiger partial charge in [0.05, 0.1) is 7.11 Å². The first-order chi connectivity index (χ1) is 4.16. The maximum atomic E-state index is 10.5. The van der Waals surface area contributed by atoms with Crippen molar-refractivity contribution < 1.29 is 9.53 Å². The summed E-state index contributed by atoms with van der Waals surface area (Å²) in [7, 11) is 1.40. The van der Waals surface area contributed by atoms with Crippen LogP contribution in [0.2, 0.25) is 0 Å². The van der Waals surface area contributed by atoms with Gasteiger partial charge in [0.15, 0.2) is 0 Å². The Morgan fingerprint density at radius 3 is 2.67 bits per heavy atom. The Bertz CT molecular complexity index is 86.9. The van der Waals surface area contributed by atoms with Crippen molar-refractivity contribution >= 4 is 5.97 Å². The van der Waals surface area contributed by atoms with Gasteiger partial charge >= 0.3 is 5.97 Å². The lowest BCUT2D eigenvalue weighted by Gasteiger charge is -2.00. The molecule has 0 spiro atoms. The zero-order chi connectivity index (χ0) is 7.28. The molecule has 0 rings (SSSR count). The molecule has 0 N–H and O–H groups in total. The van der Waals surface area contributed by atoms with Crippen LogP contribution in [0.4, 0.5) is 0 Å². The second kappa shape index (κ2) is 4.36. The molecule has 1 unspecified atom stereocenters. The number of ether oxygens (including phenoxy) is 1. The molecule has 2 nitrogen and oxygen atoms in total. The fraction of sp³-hybridized carbons (Fsp3) is 0.714. The third kappa shape index (κ3) is 5.34. The van der Waals surface area contributed by atoms with E-state index in [0.29, 0.717) is 12.3 Å². The summed E-state index contributed by atoms with van der Waals surface area (Å²) in [5.41, 5.74) is 0. The van der Waals surface area contributed by atoms with E-state index in [1.807, 2.05) is 6.92 Å². The molecule has 0 bridgehead atoms. The van der Waals surface area contributed by atoms with Crippen LogP contribution in [0, 0.1) is 12.8 Å². The fourth-order valence-corrected chi connectivity index (χ4v) is 0.466. The molecule has 0 aliphatic rings. The largest absolute Gasteiger partial charge is 0.469 e. The zero-order valence-corrected chi connectivity index (χ0v) is 6.02. The summed E-state index contributed by atoms with van der Waals surface area (Å²) in [5.74, 6) is 0.189. The average Bonchev–Trinajstić information content (AvgIpc) is 1.83. The van der Waals surface area contributed by atoms with Crippen LogP contribution in [0.1, 0.15) is 19.8 Å². The number of hydrogen-bond donors (Lipinski definition) is 0. The Labute approximate surface area is 56.2 Å². The van der Waals surface area contributed by atoms with Gasteiger partial charge in [-0.15, -0.1) is 0 Å². The SMILES string of the molecule is [CH2]C(C)CCC(=O)OC. The van der Waals surface area contributed by atoms with Gasteiger partial charge in [-0.05, 0) is 12.3 Å². The lowest BCUT2D eigenvalue weighted by atomic mass is 10.1. The first-order valence-corrected chi connectivity index (χ1v) is 3.06. The van der Waals surface area contributed by atoms with Crippen molar-refractivity contribution in [2.45, 2.75) is 19.8 Å². The number of carbonyl (C=O) groups excluding carboxylic acids is 1. The molecule has 0 aromatic carbocycles. The highest BCUT2D eigenvalue weighted by molar-refractivity contribution is 5.69. The van der Waals surface area contributed by atoms with E-state index in [0.717, 1.165) is 6.42 Å². The van der Waals surface area contributed by atoms with E-state index in [-0.39, 0.29) is 5.97 Å². The number of hydrogen-bond acceptors (Lipinski definition) is 2. The Hall–Kier alpha value is -0.530. The molecule has 0 aromatic heterocycles. The van der Waals surface area contributed by atoms with Gasteiger partial charge in [-0.2, -0.15) is 0 Å². The molecular weight excluding hydrogens is 116 g/mol. The summed E-state index contributed by atoms with van der Waals surface area (Å²) in [5, 5.41) is 0. The van der Waals surface area contributed by atoms with Crippen LogP contribution >= 0.6 is 0 Å². The van der Waals surface area contributed by atoms with E-state index < -0.39 is 0 Å². The molecule has 2 heteroatoms. The van der Waals surface area contributed by atoms with Gasteiger partial charge < -0.3 is 4.74 Å². The molecule has 1 radical (unpaired) electrons. The Morgan fingerprint density at radius 1 is 1.78 bits per heavy atom. The van der Waals surface area contributed by atoms with Crippen LogP contribution in [0.15, 0.2) is 0 Å². The summed E-state index contributed by atoms with van der Waals surface area (Å²) in [6, 6.07) is 0. The first kappa shape index (κ1) is 8.47. The summed E-state index contributed by atoms with van der Waals surface area (Å²) < 4.78 is 4.43. The minimum atomic E-state index is -0.148. The average molecular weight is 129 g/mol. The van der Waals surface area contributed by atoms with Crippen molar-refractivity contribution in [3.8, 4) is 0 Å². The van der Waals surface area contributed by atoms with E-state index in [9.17, 15) is 4.79 Å². The standard InChI is InChI=1S/C7H13O2/c1-6(2)4-5-7(8)9-3/h6H,1,4-5H2,2-3H3. The molecule has 0 amide bonds. The van der Waals surface area contributed by atoms with Crippen molar-refractivity contribution in [2.75, 3.05) is 7.11 Å². The van der Waals surface area contributed by atoms with Crippen molar-refractivity contribution in [1.82, 2.24) is 0 Å². The number of carbonyl (C=O) groups is 1. The van der Waals surface area contributed by atoms with E-state index in [4.69, 9.17) is 0 Å². The van der Waals surface area contributed by atoms with Crippen LogP contribution in [-0.4, -0.2) is 13.1 Å². The predicted octanol–water partition coefficient (Wildman–Crippen LogP) is 1.41. The molecule has 0 aliphatic carbocycles. The maximum Gasteiger partial charge on any atom is 0.305 e. The second-order valence-corrected chi connectivity index (χ2v) is 2.22.